The van der Waals surface area contributed by atoms with Crippen LogP contribution in [-0.4, -0.2) is 11.7 Å². The van der Waals surface area contributed by atoms with Crippen molar-refractivity contribution in [1.82, 2.24) is 0 Å². The molecule has 0 saturated carbocycles. The minimum Gasteiger partial charge on any atom is -0.493 e. The molecule has 0 spiro atoms. The van der Waals surface area contributed by atoms with Gasteiger partial charge in [0.1, 0.15) is 11.9 Å². The minimum absolute atomic E-state index is 0.625. The Morgan fingerprint density at radius 1 is 1.00 bits per heavy atom. The molecule has 0 aromatic heterocycles. The van der Waals surface area contributed by atoms with E-state index in [-0.39, 0.29) is 0 Å². The lowest BCUT2D eigenvalue weighted by atomic mass is 9.99. The van der Waals surface area contributed by atoms with E-state index in [1.54, 1.807) is 0 Å². The summed E-state index contributed by atoms with van der Waals surface area (Å²) in [7, 11) is 0. The maximum atomic E-state index is 10.5. The number of halogens is 2. The summed E-state index contributed by atoms with van der Waals surface area (Å²) in [5.74, 6) is 0.936. The van der Waals surface area contributed by atoms with Gasteiger partial charge >= 0.3 is 0 Å². The molecule has 0 amide bonds. The molecule has 19 heavy (non-hydrogen) atoms. The smallest absolute Gasteiger partial charge is 0.122 e. The van der Waals surface area contributed by atoms with Crippen molar-refractivity contribution < 1.29 is 9.84 Å². The maximum Gasteiger partial charge on any atom is 0.122 e. The topological polar surface area (TPSA) is 29.5 Å². The molecule has 4 heteroatoms. The van der Waals surface area contributed by atoms with Gasteiger partial charge in [0.05, 0.1) is 6.61 Å². The zero-order valence-corrected chi connectivity index (χ0v) is 13.2. The molecular formula is C15H12Br2O2. The normalized spacial score (nSPS) is 14.9. The van der Waals surface area contributed by atoms with Gasteiger partial charge in [0.25, 0.3) is 0 Å². The monoisotopic (exact) mass is 382 g/mol. The van der Waals surface area contributed by atoms with Crippen LogP contribution in [0.15, 0.2) is 45.3 Å². The lowest BCUT2D eigenvalue weighted by molar-refractivity contribution is 0.220. The Morgan fingerprint density at radius 3 is 2.47 bits per heavy atom. The van der Waals surface area contributed by atoms with Crippen LogP contribution in [0.4, 0.5) is 0 Å². The quantitative estimate of drug-likeness (QED) is 0.840. The molecule has 0 saturated heterocycles. The van der Waals surface area contributed by atoms with Crippen LogP contribution in [0.5, 0.6) is 5.75 Å². The van der Waals surface area contributed by atoms with Crippen LogP contribution in [0.3, 0.4) is 0 Å². The Labute approximate surface area is 128 Å². The second kappa shape index (κ2) is 5.27. The molecule has 1 aliphatic heterocycles. The molecule has 1 atom stereocenters. The zero-order valence-electron chi connectivity index (χ0n) is 10.1. The third kappa shape index (κ3) is 2.71. The van der Waals surface area contributed by atoms with Crippen LogP contribution < -0.4 is 4.74 Å². The Bertz CT molecular complexity index is 605. The summed E-state index contributed by atoms with van der Waals surface area (Å²) in [6.45, 7) is 0.733. The molecule has 1 heterocycles. The summed E-state index contributed by atoms with van der Waals surface area (Å²) >= 11 is 6.88. The van der Waals surface area contributed by atoms with Gasteiger partial charge in [-0.05, 0) is 47.0 Å². The largest absolute Gasteiger partial charge is 0.493 e. The predicted octanol–water partition coefficient (Wildman–Crippen LogP) is 4.23. The highest BCUT2D eigenvalue weighted by molar-refractivity contribution is 9.11. The molecule has 0 aliphatic carbocycles. The van der Waals surface area contributed by atoms with Crippen molar-refractivity contribution in [2.75, 3.05) is 6.61 Å². The minimum atomic E-state index is -0.625. The maximum absolute atomic E-state index is 10.5. The average molecular weight is 384 g/mol. The number of hydrogen-bond acceptors (Lipinski definition) is 2. The van der Waals surface area contributed by atoms with Crippen LogP contribution in [0.1, 0.15) is 22.8 Å². The highest BCUT2D eigenvalue weighted by atomic mass is 79.9. The molecule has 98 valence electrons. The Hall–Kier alpha value is -0.840. The number of aliphatic hydroxyl groups excluding tert-OH is 1. The summed E-state index contributed by atoms with van der Waals surface area (Å²) in [5.41, 5.74) is 2.93. The SMILES string of the molecule is OC(c1cc(Br)cc(Br)c1)c1ccc2c(c1)CCO2. The van der Waals surface area contributed by atoms with E-state index < -0.39 is 6.10 Å². The third-order valence-electron chi connectivity index (χ3n) is 3.23. The molecule has 0 fully saturated rings. The van der Waals surface area contributed by atoms with Gasteiger partial charge in [-0.1, -0.05) is 37.9 Å². The Morgan fingerprint density at radius 2 is 1.74 bits per heavy atom. The molecule has 1 aliphatic rings. The molecule has 2 aromatic carbocycles. The molecule has 1 N–H and O–H groups in total. The highest BCUT2D eigenvalue weighted by Gasteiger charge is 2.17. The van der Waals surface area contributed by atoms with E-state index in [2.05, 4.69) is 31.9 Å². The molecule has 1 unspecified atom stereocenters. The Kier molecular flexibility index (Phi) is 3.65. The van der Waals surface area contributed by atoms with Crippen LogP contribution in [-0.2, 0) is 6.42 Å². The van der Waals surface area contributed by atoms with Gasteiger partial charge in [-0.15, -0.1) is 0 Å². The highest BCUT2D eigenvalue weighted by Crippen LogP contribution is 2.32. The van der Waals surface area contributed by atoms with Crippen LogP contribution >= 0.6 is 31.9 Å². The van der Waals surface area contributed by atoms with E-state index in [0.29, 0.717) is 0 Å². The van der Waals surface area contributed by atoms with Gasteiger partial charge in [-0.3, -0.25) is 0 Å². The first-order valence-electron chi connectivity index (χ1n) is 6.03. The van der Waals surface area contributed by atoms with Gasteiger partial charge in [-0.2, -0.15) is 0 Å². The second-order valence-corrected chi connectivity index (χ2v) is 6.40. The lowest BCUT2D eigenvalue weighted by Crippen LogP contribution is -2.00. The van der Waals surface area contributed by atoms with Crippen molar-refractivity contribution >= 4 is 31.9 Å². The van der Waals surface area contributed by atoms with E-state index in [9.17, 15) is 5.11 Å². The number of aliphatic hydroxyl groups is 1. The lowest BCUT2D eigenvalue weighted by Gasteiger charge is -2.13. The second-order valence-electron chi connectivity index (χ2n) is 4.57. The first-order chi connectivity index (χ1) is 9.13. The van der Waals surface area contributed by atoms with E-state index in [0.717, 1.165) is 38.8 Å². The van der Waals surface area contributed by atoms with Crippen molar-refractivity contribution in [3.63, 3.8) is 0 Å². The van der Waals surface area contributed by atoms with Gasteiger partial charge in [-0.25, -0.2) is 0 Å². The molecular weight excluding hydrogens is 372 g/mol. The summed E-state index contributed by atoms with van der Waals surface area (Å²) in [4.78, 5) is 0. The summed E-state index contributed by atoms with van der Waals surface area (Å²) in [5, 5.41) is 10.5. The fraction of sp³-hybridized carbons (Fsp3) is 0.200. The number of rotatable bonds is 2. The first-order valence-corrected chi connectivity index (χ1v) is 7.62. The Balaban J connectivity index is 1.97. The van der Waals surface area contributed by atoms with E-state index in [1.807, 2.05) is 36.4 Å². The summed E-state index contributed by atoms with van der Waals surface area (Å²) in [6, 6.07) is 11.7. The van der Waals surface area contributed by atoms with Crippen molar-refractivity contribution in [3.05, 3.63) is 62.0 Å². The molecule has 2 nitrogen and oxygen atoms in total. The molecule has 3 rings (SSSR count). The number of fused-ring (bicyclic) bond motifs is 1. The number of hydrogen-bond donors (Lipinski definition) is 1. The van der Waals surface area contributed by atoms with E-state index in [4.69, 9.17) is 4.74 Å². The predicted molar refractivity (Wildman–Crippen MR) is 81.5 cm³/mol. The van der Waals surface area contributed by atoms with Gasteiger partial charge in [0.2, 0.25) is 0 Å². The van der Waals surface area contributed by atoms with Gasteiger partial charge in [0, 0.05) is 15.4 Å². The van der Waals surface area contributed by atoms with Gasteiger partial charge in [0.15, 0.2) is 0 Å². The third-order valence-corrected chi connectivity index (χ3v) is 4.15. The van der Waals surface area contributed by atoms with Gasteiger partial charge < -0.3 is 9.84 Å². The average Bonchev–Trinajstić information content (AvgIpc) is 2.83. The van der Waals surface area contributed by atoms with Crippen molar-refractivity contribution in [2.45, 2.75) is 12.5 Å². The first kappa shape index (κ1) is 13.2. The fourth-order valence-corrected chi connectivity index (χ4v) is 3.63. The standard InChI is InChI=1S/C15H12Br2O2/c16-12-6-11(7-13(17)8-12)15(18)10-1-2-14-9(5-10)3-4-19-14/h1-2,5-8,15,18H,3-4H2. The zero-order chi connectivity index (χ0) is 13.4. The van der Waals surface area contributed by atoms with Crippen LogP contribution in [0.2, 0.25) is 0 Å². The molecule has 2 aromatic rings. The van der Waals surface area contributed by atoms with E-state index in [1.165, 1.54) is 5.56 Å². The van der Waals surface area contributed by atoms with Crippen LogP contribution in [0, 0.1) is 0 Å². The van der Waals surface area contributed by atoms with Crippen molar-refractivity contribution in [3.8, 4) is 5.75 Å². The van der Waals surface area contributed by atoms with Crippen LogP contribution in [0.25, 0.3) is 0 Å². The number of ether oxygens (including phenoxy) is 1. The van der Waals surface area contributed by atoms with Crippen molar-refractivity contribution in [2.24, 2.45) is 0 Å². The fourth-order valence-electron chi connectivity index (χ4n) is 2.30. The number of benzene rings is 2. The summed E-state index contributed by atoms with van der Waals surface area (Å²) in [6.07, 6.45) is 0.289. The molecule has 0 bridgehead atoms. The van der Waals surface area contributed by atoms with E-state index >= 15 is 0 Å². The van der Waals surface area contributed by atoms with Crippen molar-refractivity contribution in [1.29, 1.82) is 0 Å². The molecule has 0 radical (unpaired) electrons. The summed E-state index contributed by atoms with van der Waals surface area (Å²) < 4.78 is 7.37.